The molecule has 0 aliphatic carbocycles. The van der Waals surface area contributed by atoms with Crippen LogP contribution in [0.15, 0.2) is 24.3 Å². The van der Waals surface area contributed by atoms with Crippen LogP contribution in [-0.4, -0.2) is 27.1 Å². The van der Waals surface area contributed by atoms with Gasteiger partial charge in [0.05, 0.1) is 11.5 Å². The third-order valence-corrected chi connectivity index (χ3v) is 4.33. The van der Waals surface area contributed by atoms with Crippen LogP contribution in [0.1, 0.15) is 24.0 Å². The first-order chi connectivity index (χ1) is 8.43. The minimum absolute atomic E-state index is 0.0427. The number of amides is 1. The van der Waals surface area contributed by atoms with E-state index in [-0.39, 0.29) is 23.8 Å². The second kappa shape index (κ2) is 6.54. The smallest absolute Gasteiger partial charge is 0.219 e. The maximum absolute atomic E-state index is 11.8. The first-order valence-corrected chi connectivity index (χ1v) is 7.71. The third kappa shape index (κ3) is 5.31. The summed E-state index contributed by atoms with van der Waals surface area (Å²) in [4.78, 5) is 11.0. The summed E-state index contributed by atoms with van der Waals surface area (Å²) in [5.74, 6) is -0.0319. The lowest BCUT2D eigenvalue weighted by atomic mass is 10.2. The molecule has 1 aromatic carbocycles. The molecule has 0 aliphatic heterocycles. The van der Waals surface area contributed by atoms with Crippen LogP contribution in [0.4, 0.5) is 0 Å². The summed E-state index contributed by atoms with van der Waals surface area (Å²) in [6.45, 7) is 1.96. The number of carbonyl (C=O) groups is 1. The largest absolute Gasteiger partial charge is 0.359 e. The van der Waals surface area contributed by atoms with E-state index in [1.54, 1.807) is 7.05 Å². The van der Waals surface area contributed by atoms with Crippen LogP contribution in [-0.2, 0) is 20.4 Å². The Labute approximate surface area is 108 Å². The molecule has 1 aromatic rings. The summed E-state index contributed by atoms with van der Waals surface area (Å²) in [6, 6.07) is 7.45. The van der Waals surface area contributed by atoms with Crippen LogP contribution in [0.2, 0.25) is 0 Å². The van der Waals surface area contributed by atoms with Gasteiger partial charge in [0.2, 0.25) is 5.91 Å². The maximum atomic E-state index is 11.8. The molecule has 0 heterocycles. The van der Waals surface area contributed by atoms with Gasteiger partial charge in [-0.25, -0.2) is 8.42 Å². The van der Waals surface area contributed by atoms with Crippen LogP contribution in [0.5, 0.6) is 0 Å². The quantitative estimate of drug-likeness (QED) is 0.850. The molecular weight excluding hydrogens is 250 g/mol. The molecular formula is C13H19NO3S. The zero-order valence-electron chi connectivity index (χ0n) is 10.8. The lowest BCUT2D eigenvalue weighted by Crippen LogP contribution is -2.19. The molecule has 100 valence electrons. The summed E-state index contributed by atoms with van der Waals surface area (Å²) < 4.78 is 23.6. The predicted molar refractivity (Wildman–Crippen MR) is 72.0 cm³/mol. The normalized spacial score (nSPS) is 11.2. The molecule has 0 fully saturated rings. The Morgan fingerprint density at radius 3 is 2.39 bits per heavy atom. The van der Waals surface area contributed by atoms with Crippen molar-refractivity contribution in [3.63, 3.8) is 0 Å². The number of nitrogens with one attached hydrogen (secondary N) is 1. The fourth-order valence-corrected chi connectivity index (χ4v) is 3.02. The molecule has 1 N–H and O–H groups in total. The molecule has 0 unspecified atom stereocenters. The van der Waals surface area contributed by atoms with Crippen LogP contribution in [0.25, 0.3) is 0 Å². The molecule has 0 bridgehead atoms. The van der Waals surface area contributed by atoms with Crippen molar-refractivity contribution in [2.45, 2.75) is 25.5 Å². The summed E-state index contributed by atoms with van der Waals surface area (Å²) >= 11 is 0. The van der Waals surface area contributed by atoms with Gasteiger partial charge in [-0.15, -0.1) is 0 Å². The van der Waals surface area contributed by atoms with E-state index in [1.165, 1.54) is 0 Å². The van der Waals surface area contributed by atoms with Crippen molar-refractivity contribution >= 4 is 15.7 Å². The Bertz CT molecular complexity index is 491. The average Bonchev–Trinajstić information content (AvgIpc) is 2.31. The van der Waals surface area contributed by atoms with E-state index in [4.69, 9.17) is 0 Å². The van der Waals surface area contributed by atoms with Crippen molar-refractivity contribution in [1.82, 2.24) is 5.32 Å². The van der Waals surface area contributed by atoms with E-state index in [9.17, 15) is 13.2 Å². The van der Waals surface area contributed by atoms with E-state index in [1.807, 2.05) is 31.2 Å². The zero-order valence-corrected chi connectivity index (χ0v) is 11.6. The summed E-state index contributed by atoms with van der Waals surface area (Å²) in [5, 5.41) is 2.47. The predicted octanol–water partition coefficient (Wildman–Crippen LogP) is 1.44. The first-order valence-electron chi connectivity index (χ1n) is 5.89. The lowest BCUT2D eigenvalue weighted by molar-refractivity contribution is -0.120. The minimum atomic E-state index is -3.13. The molecule has 0 aliphatic rings. The molecule has 0 saturated carbocycles. The van der Waals surface area contributed by atoms with Gasteiger partial charge >= 0.3 is 0 Å². The van der Waals surface area contributed by atoms with Crippen LogP contribution in [0.3, 0.4) is 0 Å². The molecule has 0 spiro atoms. The van der Waals surface area contributed by atoms with Gasteiger partial charge in [-0.05, 0) is 18.9 Å². The Morgan fingerprint density at radius 2 is 1.83 bits per heavy atom. The highest BCUT2D eigenvalue weighted by Crippen LogP contribution is 2.09. The Balaban J connectivity index is 2.49. The van der Waals surface area contributed by atoms with E-state index in [0.29, 0.717) is 6.42 Å². The first kappa shape index (κ1) is 14.7. The molecule has 0 atom stereocenters. The molecule has 4 nitrogen and oxygen atoms in total. The lowest BCUT2D eigenvalue weighted by Gasteiger charge is -2.05. The van der Waals surface area contributed by atoms with Gasteiger partial charge in [0.15, 0.2) is 9.84 Å². The molecule has 1 rings (SSSR count). The number of aryl methyl sites for hydroxylation is 1. The fraction of sp³-hybridized carbons (Fsp3) is 0.462. The van der Waals surface area contributed by atoms with Crippen molar-refractivity contribution in [1.29, 1.82) is 0 Å². The van der Waals surface area contributed by atoms with Gasteiger partial charge < -0.3 is 5.32 Å². The topological polar surface area (TPSA) is 63.2 Å². The SMILES string of the molecule is CNC(=O)CCCS(=O)(=O)Cc1ccc(C)cc1. The highest BCUT2D eigenvalue weighted by Gasteiger charge is 2.12. The molecule has 1 amide bonds. The molecule has 18 heavy (non-hydrogen) atoms. The highest BCUT2D eigenvalue weighted by molar-refractivity contribution is 7.90. The van der Waals surface area contributed by atoms with Gasteiger partial charge in [0.1, 0.15) is 0 Å². The molecule has 0 radical (unpaired) electrons. The maximum Gasteiger partial charge on any atom is 0.219 e. The number of rotatable bonds is 6. The van der Waals surface area contributed by atoms with Crippen LogP contribution in [0, 0.1) is 6.92 Å². The van der Waals surface area contributed by atoms with Gasteiger partial charge in [0.25, 0.3) is 0 Å². The number of sulfone groups is 1. The number of hydrogen-bond acceptors (Lipinski definition) is 3. The van der Waals surface area contributed by atoms with E-state index in [2.05, 4.69) is 5.32 Å². The van der Waals surface area contributed by atoms with Crippen molar-refractivity contribution in [2.75, 3.05) is 12.8 Å². The average molecular weight is 269 g/mol. The number of carbonyl (C=O) groups excluding carboxylic acids is 1. The Morgan fingerprint density at radius 1 is 1.22 bits per heavy atom. The van der Waals surface area contributed by atoms with Gasteiger partial charge in [-0.3, -0.25) is 4.79 Å². The van der Waals surface area contributed by atoms with Crippen molar-refractivity contribution < 1.29 is 13.2 Å². The van der Waals surface area contributed by atoms with E-state index in [0.717, 1.165) is 11.1 Å². The molecule has 5 heteroatoms. The van der Waals surface area contributed by atoms with Gasteiger partial charge in [-0.1, -0.05) is 29.8 Å². The molecule has 0 saturated heterocycles. The number of benzene rings is 1. The van der Waals surface area contributed by atoms with Crippen LogP contribution < -0.4 is 5.32 Å². The summed E-state index contributed by atoms with van der Waals surface area (Å²) in [7, 11) is -1.59. The van der Waals surface area contributed by atoms with Crippen molar-refractivity contribution in [3.8, 4) is 0 Å². The monoisotopic (exact) mass is 269 g/mol. The Kier molecular flexibility index (Phi) is 5.34. The zero-order chi connectivity index (χ0) is 13.6. The summed E-state index contributed by atoms with van der Waals surface area (Å²) in [6.07, 6.45) is 0.623. The van der Waals surface area contributed by atoms with Crippen molar-refractivity contribution in [2.24, 2.45) is 0 Å². The second-order valence-corrected chi connectivity index (χ2v) is 6.54. The minimum Gasteiger partial charge on any atom is -0.359 e. The van der Waals surface area contributed by atoms with Crippen molar-refractivity contribution in [3.05, 3.63) is 35.4 Å². The summed E-state index contributed by atoms with van der Waals surface area (Å²) in [5.41, 5.74) is 1.90. The fourth-order valence-electron chi connectivity index (χ4n) is 1.59. The second-order valence-electron chi connectivity index (χ2n) is 4.35. The van der Waals surface area contributed by atoms with Crippen LogP contribution >= 0.6 is 0 Å². The third-order valence-electron chi connectivity index (χ3n) is 2.65. The highest BCUT2D eigenvalue weighted by atomic mass is 32.2. The number of hydrogen-bond donors (Lipinski definition) is 1. The van der Waals surface area contributed by atoms with E-state index < -0.39 is 9.84 Å². The van der Waals surface area contributed by atoms with Gasteiger partial charge in [-0.2, -0.15) is 0 Å². The Hall–Kier alpha value is -1.36. The van der Waals surface area contributed by atoms with E-state index >= 15 is 0 Å². The standard InChI is InChI=1S/C13H19NO3S/c1-11-5-7-12(8-6-11)10-18(16,17)9-3-4-13(15)14-2/h5-8H,3-4,9-10H2,1-2H3,(H,14,15). The van der Waals surface area contributed by atoms with Gasteiger partial charge in [0, 0.05) is 13.5 Å². The molecule has 0 aromatic heterocycles.